The summed E-state index contributed by atoms with van der Waals surface area (Å²) >= 11 is 0. The molecular formula is C18H29N3. The lowest BCUT2D eigenvalue weighted by Crippen LogP contribution is -2.42. The first-order chi connectivity index (χ1) is 9.97. The van der Waals surface area contributed by atoms with E-state index in [-0.39, 0.29) is 5.41 Å². The predicted octanol–water partition coefficient (Wildman–Crippen LogP) is 4.01. The predicted molar refractivity (Wildman–Crippen MR) is 90.6 cm³/mol. The van der Waals surface area contributed by atoms with Crippen molar-refractivity contribution >= 4 is 11.0 Å². The Balaban J connectivity index is 2.31. The molecule has 1 heterocycles. The summed E-state index contributed by atoms with van der Waals surface area (Å²) < 4.78 is 2.35. The molecule has 0 fully saturated rings. The van der Waals surface area contributed by atoms with E-state index in [0.29, 0.717) is 6.04 Å². The summed E-state index contributed by atoms with van der Waals surface area (Å²) in [6.45, 7) is 13.4. The van der Waals surface area contributed by atoms with Crippen molar-refractivity contribution in [1.82, 2.24) is 14.9 Å². The van der Waals surface area contributed by atoms with Crippen molar-refractivity contribution in [3.8, 4) is 0 Å². The highest BCUT2D eigenvalue weighted by Gasteiger charge is 2.26. The topological polar surface area (TPSA) is 29.9 Å². The van der Waals surface area contributed by atoms with E-state index >= 15 is 0 Å². The van der Waals surface area contributed by atoms with Crippen LogP contribution in [-0.4, -0.2) is 22.1 Å². The Hall–Kier alpha value is -1.35. The summed E-state index contributed by atoms with van der Waals surface area (Å²) in [5, 5.41) is 3.70. The monoisotopic (exact) mass is 287 g/mol. The van der Waals surface area contributed by atoms with Crippen LogP contribution in [0.5, 0.6) is 0 Å². The number of benzene rings is 1. The number of rotatable bonds is 6. The molecule has 1 aromatic carbocycles. The lowest BCUT2D eigenvalue weighted by molar-refractivity contribution is 0.262. The molecule has 0 amide bonds. The van der Waals surface area contributed by atoms with Crippen molar-refractivity contribution in [2.75, 3.05) is 6.54 Å². The van der Waals surface area contributed by atoms with Gasteiger partial charge in [-0.15, -0.1) is 0 Å². The maximum absolute atomic E-state index is 4.87. The maximum atomic E-state index is 4.87. The fourth-order valence-electron chi connectivity index (χ4n) is 2.82. The second-order valence-corrected chi connectivity index (χ2v) is 6.84. The molecule has 0 bridgehead atoms. The van der Waals surface area contributed by atoms with Crippen molar-refractivity contribution in [3.63, 3.8) is 0 Å². The van der Waals surface area contributed by atoms with E-state index in [0.717, 1.165) is 31.4 Å². The van der Waals surface area contributed by atoms with Crippen LogP contribution in [0.3, 0.4) is 0 Å². The first kappa shape index (κ1) is 16.0. The highest BCUT2D eigenvalue weighted by Crippen LogP contribution is 2.24. The Morgan fingerprint density at radius 3 is 2.52 bits per heavy atom. The molecule has 1 unspecified atom stereocenters. The number of hydrogen-bond acceptors (Lipinski definition) is 2. The Labute approximate surface area is 128 Å². The normalized spacial score (nSPS) is 13.8. The lowest BCUT2D eigenvalue weighted by atomic mass is 9.84. The molecule has 116 valence electrons. The largest absolute Gasteiger partial charge is 0.328 e. The van der Waals surface area contributed by atoms with Gasteiger partial charge in [0.2, 0.25) is 0 Å². The van der Waals surface area contributed by atoms with Crippen LogP contribution in [0.4, 0.5) is 0 Å². The number of para-hydroxylation sites is 2. The van der Waals surface area contributed by atoms with Crippen LogP contribution in [0.15, 0.2) is 24.3 Å². The number of aryl methyl sites for hydroxylation is 1. The fraction of sp³-hybridized carbons (Fsp3) is 0.611. The first-order valence-electron chi connectivity index (χ1n) is 8.14. The number of fused-ring (bicyclic) bond motifs is 1. The van der Waals surface area contributed by atoms with E-state index in [1.165, 1.54) is 11.3 Å². The first-order valence-corrected chi connectivity index (χ1v) is 8.14. The van der Waals surface area contributed by atoms with E-state index in [4.69, 9.17) is 4.98 Å². The average molecular weight is 287 g/mol. The summed E-state index contributed by atoms with van der Waals surface area (Å²) in [7, 11) is 0. The minimum Gasteiger partial charge on any atom is -0.328 e. The second kappa shape index (κ2) is 6.61. The molecule has 0 saturated heterocycles. The minimum atomic E-state index is 0.228. The zero-order valence-corrected chi connectivity index (χ0v) is 14.1. The molecule has 0 radical (unpaired) electrons. The van der Waals surface area contributed by atoms with Crippen LogP contribution in [0.25, 0.3) is 11.0 Å². The lowest BCUT2D eigenvalue weighted by Gasteiger charge is -2.31. The van der Waals surface area contributed by atoms with Gasteiger partial charge in [-0.2, -0.15) is 0 Å². The SMILES string of the molecule is CCCNC(Cc1nc2ccccc2n1CC)C(C)(C)C. The molecule has 3 nitrogen and oxygen atoms in total. The van der Waals surface area contributed by atoms with Crippen molar-refractivity contribution in [1.29, 1.82) is 0 Å². The van der Waals surface area contributed by atoms with Gasteiger partial charge < -0.3 is 9.88 Å². The molecule has 1 aromatic heterocycles. The van der Waals surface area contributed by atoms with Crippen LogP contribution in [-0.2, 0) is 13.0 Å². The molecule has 0 aliphatic heterocycles. The molecule has 0 saturated carbocycles. The number of hydrogen-bond donors (Lipinski definition) is 1. The number of nitrogens with zero attached hydrogens (tertiary/aromatic N) is 2. The Morgan fingerprint density at radius 1 is 1.19 bits per heavy atom. The van der Waals surface area contributed by atoms with Gasteiger partial charge in [-0.25, -0.2) is 4.98 Å². The molecule has 0 aliphatic carbocycles. The summed E-state index contributed by atoms with van der Waals surface area (Å²) in [6.07, 6.45) is 2.14. The van der Waals surface area contributed by atoms with E-state index in [9.17, 15) is 0 Å². The molecule has 0 spiro atoms. The third-order valence-electron chi connectivity index (χ3n) is 4.12. The van der Waals surface area contributed by atoms with Crippen molar-refractivity contribution in [3.05, 3.63) is 30.1 Å². The van der Waals surface area contributed by atoms with Gasteiger partial charge in [0.05, 0.1) is 11.0 Å². The molecule has 0 aliphatic rings. The minimum absolute atomic E-state index is 0.228. The zero-order valence-electron chi connectivity index (χ0n) is 14.1. The number of aromatic nitrogens is 2. The maximum Gasteiger partial charge on any atom is 0.111 e. The molecular weight excluding hydrogens is 258 g/mol. The number of nitrogens with one attached hydrogen (secondary N) is 1. The molecule has 3 heteroatoms. The van der Waals surface area contributed by atoms with Crippen molar-refractivity contribution in [2.45, 2.75) is 60.0 Å². The fourth-order valence-corrected chi connectivity index (χ4v) is 2.82. The van der Waals surface area contributed by atoms with Crippen molar-refractivity contribution < 1.29 is 0 Å². The summed E-state index contributed by atoms with van der Waals surface area (Å²) in [4.78, 5) is 4.87. The van der Waals surface area contributed by atoms with E-state index in [2.05, 4.69) is 68.8 Å². The smallest absolute Gasteiger partial charge is 0.111 e. The Bertz CT molecular complexity index is 578. The average Bonchev–Trinajstić information content (AvgIpc) is 2.79. The van der Waals surface area contributed by atoms with Crippen LogP contribution >= 0.6 is 0 Å². The Kier molecular flexibility index (Phi) is 5.04. The van der Waals surface area contributed by atoms with Crippen LogP contribution in [0, 0.1) is 5.41 Å². The summed E-state index contributed by atoms with van der Waals surface area (Å²) in [5.74, 6) is 1.20. The highest BCUT2D eigenvalue weighted by atomic mass is 15.1. The van der Waals surface area contributed by atoms with Crippen molar-refractivity contribution in [2.24, 2.45) is 5.41 Å². The van der Waals surface area contributed by atoms with Gasteiger partial charge in [0.25, 0.3) is 0 Å². The molecule has 1 N–H and O–H groups in total. The standard InChI is InChI=1S/C18H29N3/c1-6-12-19-16(18(3,4)5)13-17-20-14-10-8-9-11-15(14)21(17)7-2/h8-11,16,19H,6-7,12-13H2,1-5H3. The molecule has 1 atom stereocenters. The van der Waals surface area contributed by atoms with E-state index < -0.39 is 0 Å². The van der Waals surface area contributed by atoms with Gasteiger partial charge in [0.1, 0.15) is 5.82 Å². The molecule has 2 aromatic rings. The third kappa shape index (κ3) is 3.65. The van der Waals surface area contributed by atoms with Gasteiger partial charge in [0.15, 0.2) is 0 Å². The molecule has 21 heavy (non-hydrogen) atoms. The van der Waals surface area contributed by atoms with Gasteiger partial charge >= 0.3 is 0 Å². The van der Waals surface area contributed by atoms with E-state index in [1.807, 2.05) is 0 Å². The van der Waals surface area contributed by atoms with Gasteiger partial charge in [-0.1, -0.05) is 39.8 Å². The van der Waals surface area contributed by atoms with E-state index in [1.54, 1.807) is 0 Å². The molecule has 2 rings (SSSR count). The second-order valence-electron chi connectivity index (χ2n) is 6.84. The van der Waals surface area contributed by atoms with Gasteiger partial charge in [-0.3, -0.25) is 0 Å². The summed E-state index contributed by atoms with van der Waals surface area (Å²) in [5.41, 5.74) is 2.59. The van der Waals surface area contributed by atoms with Crippen LogP contribution in [0.1, 0.15) is 46.9 Å². The summed E-state index contributed by atoms with van der Waals surface area (Å²) in [6, 6.07) is 8.88. The highest BCUT2D eigenvalue weighted by molar-refractivity contribution is 5.75. The quantitative estimate of drug-likeness (QED) is 0.870. The van der Waals surface area contributed by atoms with Gasteiger partial charge in [0, 0.05) is 19.0 Å². The number of imidazole rings is 1. The third-order valence-corrected chi connectivity index (χ3v) is 4.12. The van der Waals surface area contributed by atoms with Crippen LogP contribution < -0.4 is 5.32 Å². The Morgan fingerprint density at radius 2 is 1.90 bits per heavy atom. The zero-order chi connectivity index (χ0) is 15.5. The van der Waals surface area contributed by atoms with Gasteiger partial charge in [-0.05, 0) is 37.4 Å². The van der Waals surface area contributed by atoms with Crippen LogP contribution in [0.2, 0.25) is 0 Å².